The molecule has 4 amide bonds. The van der Waals surface area contributed by atoms with Gasteiger partial charge in [-0.3, -0.25) is 24.1 Å². The van der Waals surface area contributed by atoms with E-state index in [9.17, 15) is 19.2 Å². The largest absolute Gasteiger partial charge is 0.496 e. The molecule has 11 nitrogen and oxygen atoms in total. The van der Waals surface area contributed by atoms with Gasteiger partial charge in [-0.05, 0) is 62.5 Å². The van der Waals surface area contributed by atoms with Crippen molar-refractivity contribution in [2.24, 2.45) is 17.8 Å². The van der Waals surface area contributed by atoms with E-state index in [1.165, 1.54) is 11.1 Å². The van der Waals surface area contributed by atoms with Gasteiger partial charge in [-0.1, -0.05) is 54.4 Å². The molecule has 45 heavy (non-hydrogen) atoms. The van der Waals surface area contributed by atoms with Crippen molar-refractivity contribution in [3.63, 3.8) is 0 Å². The molecule has 11 heteroatoms. The van der Waals surface area contributed by atoms with Crippen LogP contribution in [0.25, 0.3) is 6.08 Å². The van der Waals surface area contributed by atoms with Crippen LogP contribution in [0.15, 0.2) is 24.4 Å². The van der Waals surface area contributed by atoms with Crippen molar-refractivity contribution in [1.29, 1.82) is 0 Å². The molecule has 250 valence electrons. The van der Waals surface area contributed by atoms with E-state index in [1.807, 2.05) is 46.7 Å². The lowest BCUT2D eigenvalue weighted by Crippen LogP contribution is -2.61. The van der Waals surface area contributed by atoms with Crippen LogP contribution >= 0.6 is 0 Å². The van der Waals surface area contributed by atoms with Crippen molar-refractivity contribution < 1.29 is 28.7 Å². The molecular weight excluding hydrogens is 574 g/mol. The fourth-order valence-corrected chi connectivity index (χ4v) is 5.89. The summed E-state index contributed by atoms with van der Waals surface area (Å²) in [6, 6.07) is 2.21. The summed E-state index contributed by atoms with van der Waals surface area (Å²) >= 11 is 0. The molecule has 1 aromatic carbocycles. The Labute approximate surface area is 268 Å². The molecule has 3 N–H and O–H groups in total. The number of nitrogens with one attached hydrogen (secondary N) is 3. The lowest BCUT2D eigenvalue weighted by atomic mass is 9.95. The first-order chi connectivity index (χ1) is 21.3. The number of nitrogens with zero attached hydrogens (tertiary/aromatic N) is 2. The van der Waals surface area contributed by atoms with Crippen molar-refractivity contribution >= 4 is 29.7 Å². The smallest absolute Gasteiger partial charge is 0.247 e. The molecule has 1 aromatic rings. The quantitative estimate of drug-likeness (QED) is 0.344. The fourth-order valence-electron chi connectivity index (χ4n) is 5.89. The van der Waals surface area contributed by atoms with Crippen LogP contribution in [0, 0.1) is 17.8 Å². The van der Waals surface area contributed by atoms with E-state index in [0.29, 0.717) is 42.7 Å². The topological polar surface area (TPSA) is 129 Å². The minimum atomic E-state index is -1.01. The third kappa shape index (κ3) is 8.77. The van der Waals surface area contributed by atoms with Gasteiger partial charge in [0.2, 0.25) is 23.6 Å². The Hall–Kier alpha value is -3.60. The first kappa shape index (κ1) is 35.9. The van der Waals surface area contributed by atoms with Gasteiger partial charge < -0.3 is 30.3 Å². The second-order valence-electron chi connectivity index (χ2n) is 13.0. The number of ether oxygens (including phenoxy) is 2. The molecule has 0 saturated carbocycles. The van der Waals surface area contributed by atoms with Gasteiger partial charge in [0.15, 0.2) is 0 Å². The number of methoxy groups -OCH3 is 1. The zero-order chi connectivity index (χ0) is 33.4. The average Bonchev–Trinajstić information content (AvgIpc) is 3.42. The second kappa shape index (κ2) is 16.1. The molecule has 0 aliphatic carbocycles. The predicted molar refractivity (Wildman–Crippen MR) is 174 cm³/mol. The van der Waals surface area contributed by atoms with Gasteiger partial charge in [0.05, 0.1) is 13.2 Å². The number of rotatable bonds is 11. The van der Waals surface area contributed by atoms with Gasteiger partial charge in [0.1, 0.15) is 35.7 Å². The Morgan fingerprint density at radius 3 is 2.42 bits per heavy atom. The van der Waals surface area contributed by atoms with E-state index >= 15 is 0 Å². The number of fused-ring (bicyclic) bond motifs is 3. The normalized spacial score (nSPS) is 23.6. The highest BCUT2D eigenvalue weighted by Gasteiger charge is 2.47. The van der Waals surface area contributed by atoms with Crippen LogP contribution < -0.4 is 25.4 Å². The standard InChI is InChI=1S/C34H53N5O6/c1-10-21(5)28-32(41)35-16-14-23-19-24(12-13-26(23)44-9)45-27-15-17-39(30(27)33(42)36-28)34(43)29(22(6)11-2)37-31(40)25(38(7)8)18-20(3)4/h12-14,16,19-22,25,27-30H,10-11,15,17-18H2,1-9H3,(H,35,41)(H,36,42)(H,37,40)/b16-14+/t21?,22-,25-,27-,28-,29-,30-/m0/s1. The number of benzene rings is 1. The van der Waals surface area contributed by atoms with E-state index in [0.717, 1.165) is 0 Å². The zero-order valence-corrected chi connectivity index (χ0v) is 28.4. The van der Waals surface area contributed by atoms with Crippen molar-refractivity contribution in [2.75, 3.05) is 27.7 Å². The van der Waals surface area contributed by atoms with Crippen molar-refractivity contribution in [1.82, 2.24) is 25.8 Å². The van der Waals surface area contributed by atoms with Gasteiger partial charge in [0.25, 0.3) is 0 Å². The maximum Gasteiger partial charge on any atom is 0.247 e. The zero-order valence-electron chi connectivity index (χ0n) is 28.4. The molecule has 2 heterocycles. The minimum absolute atomic E-state index is 0.177. The van der Waals surface area contributed by atoms with Gasteiger partial charge in [-0.2, -0.15) is 0 Å². The molecule has 2 bridgehead atoms. The second-order valence-corrected chi connectivity index (χ2v) is 13.0. The van der Waals surface area contributed by atoms with E-state index in [2.05, 4.69) is 29.8 Å². The molecule has 3 rings (SSSR count). The first-order valence-corrected chi connectivity index (χ1v) is 16.2. The molecule has 0 aromatic heterocycles. The maximum atomic E-state index is 14.4. The number of hydrogen-bond acceptors (Lipinski definition) is 7. The van der Waals surface area contributed by atoms with Gasteiger partial charge in [-0.25, -0.2) is 0 Å². The number of carbonyl (C=O) groups excluding carboxylic acids is 4. The Balaban J connectivity index is 2.02. The van der Waals surface area contributed by atoms with Gasteiger partial charge >= 0.3 is 0 Å². The predicted octanol–water partition coefficient (Wildman–Crippen LogP) is 3.18. The Kier molecular flexibility index (Phi) is 12.8. The van der Waals surface area contributed by atoms with Crippen LogP contribution in [0.1, 0.15) is 72.8 Å². The minimum Gasteiger partial charge on any atom is -0.496 e. The average molecular weight is 628 g/mol. The third-order valence-corrected chi connectivity index (χ3v) is 9.06. The lowest BCUT2D eigenvalue weighted by molar-refractivity contribution is -0.145. The molecular formula is C34H53N5O6. The summed E-state index contributed by atoms with van der Waals surface area (Å²) in [7, 11) is 5.28. The summed E-state index contributed by atoms with van der Waals surface area (Å²) in [6.07, 6.45) is 4.91. The van der Waals surface area contributed by atoms with E-state index in [1.54, 1.807) is 31.4 Å². The third-order valence-electron chi connectivity index (χ3n) is 9.06. The van der Waals surface area contributed by atoms with E-state index in [4.69, 9.17) is 9.47 Å². The monoisotopic (exact) mass is 627 g/mol. The highest BCUT2D eigenvalue weighted by Crippen LogP contribution is 2.31. The number of carbonyl (C=O) groups is 4. The summed E-state index contributed by atoms with van der Waals surface area (Å²) in [5.41, 5.74) is 0.688. The maximum absolute atomic E-state index is 14.4. The molecule has 1 fully saturated rings. The summed E-state index contributed by atoms with van der Waals surface area (Å²) < 4.78 is 11.9. The van der Waals surface area contributed by atoms with Crippen LogP contribution in [-0.4, -0.2) is 91.4 Å². The van der Waals surface area contributed by atoms with Crippen LogP contribution in [0.5, 0.6) is 11.5 Å². The van der Waals surface area contributed by atoms with E-state index < -0.39 is 36.2 Å². The molecule has 2 aliphatic heterocycles. The highest BCUT2D eigenvalue weighted by molar-refractivity contribution is 5.96. The van der Waals surface area contributed by atoms with Crippen LogP contribution in [0.4, 0.5) is 0 Å². The lowest BCUT2D eigenvalue weighted by Gasteiger charge is -2.35. The summed E-state index contributed by atoms with van der Waals surface area (Å²) in [5, 5.41) is 8.78. The van der Waals surface area contributed by atoms with Crippen LogP contribution in [-0.2, 0) is 19.2 Å². The van der Waals surface area contributed by atoms with Crippen molar-refractivity contribution in [2.45, 2.75) is 97.5 Å². The van der Waals surface area contributed by atoms with Crippen LogP contribution in [0.2, 0.25) is 0 Å². The summed E-state index contributed by atoms with van der Waals surface area (Å²) in [6.45, 7) is 12.1. The number of likely N-dealkylation sites (N-methyl/N-ethyl adjacent to an activating group) is 1. The van der Waals surface area contributed by atoms with E-state index in [-0.39, 0.29) is 42.0 Å². The van der Waals surface area contributed by atoms with Crippen molar-refractivity contribution in [3.05, 3.63) is 30.0 Å². The molecule has 1 unspecified atom stereocenters. The Morgan fingerprint density at radius 2 is 1.82 bits per heavy atom. The first-order valence-electron chi connectivity index (χ1n) is 16.2. The Morgan fingerprint density at radius 1 is 1.11 bits per heavy atom. The fraction of sp³-hybridized carbons (Fsp3) is 0.647. The highest BCUT2D eigenvalue weighted by atomic mass is 16.5. The molecule has 0 radical (unpaired) electrons. The SMILES string of the molecule is CCC(C)[C@@H]1NC(=O)[C@@H]2[C@H](CCN2C(=O)[C@@H](NC(=O)[C@H](CC(C)C)N(C)C)[C@@H](C)CC)Oc2ccc(OC)c(c2)/C=C/NC1=O. The van der Waals surface area contributed by atoms with Crippen LogP contribution in [0.3, 0.4) is 0 Å². The number of hydrogen-bond donors (Lipinski definition) is 3. The number of amides is 4. The summed E-state index contributed by atoms with van der Waals surface area (Å²) in [4.78, 5) is 58.8. The molecule has 2 aliphatic rings. The van der Waals surface area contributed by atoms with Gasteiger partial charge in [-0.15, -0.1) is 0 Å². The van der Waals surface area contributed by atoms with Gasteiger partial charge in [0, 0.05) is 24.7 Å². The van der Waals surface area contributed by atoms with Crippen molar-refractivity contribution in [3.8, 4) is 11.5 Å². The molecule has 0 spiro atoms. The summed E-state index contributed by atoms with van der Waals surface area (Å²) in [5.74, 6) is -0.362. The number of likely N-dealkylation sites (tertiary alicyclic amines) is 1. The molecule has 7 atom stereocenters. The molecule has 1 saturated heterocycles. The Bertz CT molecular complexity index is 1230.